The standard InChI is InChI=1S/C8H11ClN2O4S2/c1-6-4-7(8(9)10-5-6)11(16(2,12)13)17(3,14)15/h4-5H,1-3H3. The van der Waals surface area contributed by atoms with Crippen molar-refractivity contribution in [3.8, 4) is 0 Å². The van der Waals surface area contributed by atoms with Crippen LogP contribution in [0.15, 0.2) is 12.3 Å². The lowest BCUT2D eigenvalue weighted by atomic mass is 10.3. The molecule has 9 heteroatoms. The molecule has 0 aliphatic carbocycles. The summed E-state index contributed by atoms with van der Waals surface area (Å²) in [7, 11) is -7.99. The fraction of sp³-hybridized carbons (Fsp3) is 0.375. The maximum Gasteiger partial charge on any atom is 0.245 e. The molecule has 0 atom stereocenters. The number of nitrogens with zero attached hydrogens (tertiary/aromatic N) is 2. The van der Waals surface area contributed by atoms with Crippen molar-refractivity contribution in [2.45, 2.75) is 6.92 Å². The first-order valence-electron chi connectivity index (χ1n) is 4.36. The lowest BCUT2D eigenvalue weighted by Crippen LogP contribution is -2.35. The average Bonchev–Trinajstić information content (AvgIpc) is 2.06. The van der Waals surface area contributed by atoms with Crippen LogP contribution in [0.3, 0.4) is 0 Å². The van der Waals surface area contributed by atoms with Crippen LogP contribution in [0.4, 0.5) is 5.69 Å². The van der Waals surface area contributed by atoms with E-state index in [0.29, 0.717) is 5.56 Å². The zero-order valence-electron chi connectivity index (χ0n) is 9.38. The minimum Gasteiger partial charge on any atom is -0.242 e. The van der Waals surface area contributed by atoms with Crippen molar-refractivity contribution in [1.29, 1.82) is 0 Å². The van der Waals surface area contributed by atoms with Gasteiger partial charge in [-0.15, -0.1) is 0 Å². The third kappa shape index (κ3) is 3.30. The maximum absolute atomic E-state index is 11.5. The Morgan fingerprint density at radius 3 is 2.06 bits per heavy atom. The third-order valence-corrected chi connectivity index (χ3v) is 5.27. The lowest BCUT2D eigenvalue weighted by Gasteiger charge is -2.20. The molecule has 6 nitrogen and oxygen atoms in total. The average molecular weight is 299 g/mol. The molecule has 0 spiro atoms. The Labute approximate surface area is 105 Å². The van der Waals surface area contributed by atoms with Crippen LogP contribution in [0.5, 0.6) is 0 Å². The predicted octanol–water partition coefficient (Wildman–Crippen LogP) is 0.769. The van der Waals surface area contributed by atoms with E-state index in [0.717, 1.165) is 12.5 Å². The van der Waals surface area contributed by atoms with Crippen LogP contribution < -0.4 is 3.71 Å². The molecule has 0 saturated carbocycles. The molecule has 0 N–H and O–H groups in total. The Kier molecular flexibility index (Phi) is 3.70. The van der Waals surface area contributed by atoms with E-state index in [9.17, 15) is 16.8 Å². The van der Waals surface area contributed by atoms with E-state index >= 15 is 0 Å². The molecule has 0 saturated heterocycles. The summed E-state index contributed by atoms with van der Waals surface area (Å²) in [6.07, 6.45) is 2.98. The zero-order chi connectivity index (χ0) is 13.4. The van der Waals surface area contributed by atoms with Crippen LogP contribution in [0.1, 0.15) is 5.56 Å². The van der Waals surface area contributed by atoms with E-state index in [4.69, 9.17) is 11.6 Å². The number of halogens is 1. The number of hydrogen-bond acceptors (Lipinski definition) is 5. The van der Waals surface area contributed by atoms with Crippen molar-refractivity contribution in [3.63, 3.8) is 0 Å². The van der Waals surface area contributed by atoms with E-state index in [-0.39, 0.29) is 14.6 Å². The molecule has 0 aliphatic heterocycles. The van der Waals surface area contributed by atoms with Gasteiger partial charge in [0.25, 0.3) is 0 Å². The van der Waals surface area contributed by atoms with Gasteiger partial charge in [-0.2, -0.15) is 3.71 Å². The van der Waals surface area contributed by atoms with Gasteiger partial charge in [-0.3, -0.25) is 0 Å². The summed E-state index contributed by atoms with van der Waals surface area (Å²) in [6.45, 7) is 1.65. The first-order valence-corrected chi connectivity index (χ1v) is 8.43. The van der Waals surface area contributed by atoms with E-state index in [1.807, 2.05) is 0 Å². The molecule has 0 amide bonds. The van der Waals surface area contributed by atoms with Crippen LogP contribution in [0.25, 0.3) is 0 Å². The number of sulfonamides is 2. The van der Waals surface area contributed by atoms with Gasteiger partial charge in [0.1, 0.15) is 5.69 Å². The van der Waals surface area contributed by atoms with E-state index in [2.05, 4.69) is 4.98 Å². The number of aryl methyl sites for hydroxylation is 1. The van der Waals surface area contributed by atoms with Gasteiger partial charge in [-0.05, 0) is 18.6 Å². The van der Waals surface area contributed by atoms with Crippen molar-refractivity contribution < 1.29 is 16.8 Å². The summed E-state index contributed by atoms with van der Waals surface area (Å²) in [5, 5.41) is -0.188. The summed E-state index contributed by atoms with van der Waals surface area (Å²) in [6, 6.07) is 1.34. The lowest BCUT2D eigenvalue weighted by molar-refractivity contribution is 0.590. The molecule has 96 valence electrons. The Morgan fingerprint density at radius 2 is 1.65 bits per heavy atom. The molecule has 0 aliphatic rings. The molecule has 1 aromatic heterocycles. The normalized spacial score (nSPS) is 12.5. The smallest absolute Gasteiger partial charge is 0.242 e. The summed E-state index contributed by atoms with van der Waals surface area (Å²) >= 11 is 5.72. The summed E-state index contributed by atoms with van der Waals surface area (Å²) in [5.74, 6) is 0. The largest absolute Gasteiger partial charge is 0.245 e. The molecule has 0 unspecified atom stereocenters. The number of aromatic nitrogens is 1. The molecule has 0 bridgehead atoms. The summed E-state index contributed by atoms with van der Waals surface area (Å²) in [4.78, 5) is 3.72. The minimum atomic E-state index is -3.99. The Balaban J connectivity index is 3.61. The predicted molar refractivity (Wildman–Crippen MR) is 66.2 cm³/mol. The van der Waals surface area contributed by atoms with Gasteiger partial charge in [0.15, 0.2) is 5.15 Å². The van der Waals surface area contributed by atoms with Crippen molar-refractivity contribution in [1.82, 2.24) is 4.98 Å². The van der Waals surface area contributed by atoms with Crippen LogP contribution >= 0.6 is 11.6 Å². The van der Waals surface area contributed by atoms with Gasteiger partial charge in [0.2, 0.25) is 20.0 Å². The van der Waals surface area contributed by atoms with Crippen LogP contribution in [0, 0.1) is 6.92 Å². The highest BCUT2D eigenvalue weighted by molar-refractivity contribution is 8.09. The molecule has 1 rings (SSSR count). The van der Waals surface area contributed by atoms with Crippen molar-refractivity contribution >= 4 is 37.3 Å². The van der Waals surface area contributed by atoms with Gasteiger partial charge in [0.05, 0.1) is 12.5 Å². The quantitative estimate of drug-likeness (QED) is 0.770. The number of pyridine rings is 1. The molecular weight excluding hydrogens is 288 g/mol. The van der Waals surface area contributed by atoms with Gasteiger partial charge in [0, 0.05) is 6.20 Å². The highest BCUT2D eigenvalue weighted by Gasteiger charge is 2.29. The van der Waals surface area contributed by atoms with Crippen LogP contribution in [-0.4, -0.2) is 34.3 Å². The van der Waals surface area contributed by atoms with Crippen molar-refractivity contribution in [2.75, 3.05) is 16.2 Å². The van der Waals surface area contributed by atoms with Crippen LogP contribution in [-0.2, 0) is 20.0 Å². The van der Waals surface area contributed by atoms with Gasteiger partial charge in [-0.25, -0.2) is 21.8 Å². The SMILES string of the molecule is Cc1cnc(Cl)c(N(S(C)(=O)=O)S(C)(=O)=O)c1. The second kappa shape index (κ2) is 4.43. The second-order valence-corrected chi connectivity index (χ2v) is 7.80. The molecule has 17 heavy (non-hydrogen) atoms. The van der Waals surface area contributed by atoms with E-state index in [1.165, 1.54) is 12.3 Å². The molecule has 0 fully saturated rings. The van der Waals surface area contributed by atoms with E-state index in [1.54, 1.807) is 6.92 Å². The zero-order valence-corrected chi connectivity index (χ0v) is 11.8. The minimum absolute atomic E-state index is 0.170. The Bertz CT molecular complexity index is 607. The second-order valence-electron chi connectivity index (χ2n) is 3.55. The monoisotopic (exact) mass is 298 g/mol. The molecule has 0 aromatic carbocycles. The fourth-order valence-electron chi connectivity index (χ4n) is 1.27. The summed E-state index contributed by atoms with van der Waals surface area (Å²) in [5.41, 5.74) is 0.429. The number of anilines is 1. The highest BCUT2D eigenvalue weighted by Crippen LogP contribution is 2.28. The third-order valence-electron chi connectivity index (χ3n) is 1.76. The van der Waals surface area contributed by atoms with Gasteiger partial charge in [-0.1, -0.05) is 11.6 Å². The van der Waals surface area contributed by atoms with Crippen LogP contribution in [0.2, 0.25) is 5.15 Å². The molecular formula is C8H11ClN2O4S2. The number of hydrogen-bond donors (Lipinski definition) is 0. The first-order chi connectivity index (χ1) is 7.53. The van der Waals surface area contributed by atoms with Gasteiger partial charge >= 0.3 is 0 Å². The molecule has 1 heterocycles. The van der Waals surface area contributed by atoms with Gasteiger partial charge < -0.3 is 0 Å². The van der Waals surface area contributed by atoms with E-state index < -0.39 is 20.0 Å². The summed E-state index contributed by atoms with van der Waals surface area (Å²) < 4.78 is 46.3. The Hall–Kier alpha value is -0.860. The maximum atomic E-state index is 11.5. The fourth-order valence-corrected chi connectivity index (χ4v) is 4.52. The first kappa shape index (κ1) is 14.2. The van der Waals surface area contributed by atoms with Crippen molar-refractivity contribution in [3.05, 3.63) is 23.0 Å². The molecule has 1 aromatic rings. The highest BCUT2D eigenvalue weighted by atomic mass is 35.5. The topological polar surface area (TPSA) is 84.4 Å². The van der Waals surface area contributed by atoms with Crippen molar-refractivity contribution in [2.24, 2.45) is 0 Å². The molecule has 0 radical (unpaired) electrons. The number of rotatable bonds is 3. The Morgan fingerprint density at radius 1 is 1.18 bits per heavy atom.